The zero-order chi connectivity index (χ0) is 12.4. The van der Waals surface area contributed by atoms with E-state index in [9.17, 15) is 5.26 Å². The number of likely N-dealkylation sites (N-methyl/N-ethyl adjacent to an activating group) is 1. The molecule has 3 nitrogen and oxygen atoms in total. The summed E-state index contributed by atoms with van der Waals surface area (Å²) in [6.45, 7) is 5.33. The standard InChI is InChI=1S/C14H24N2O/c1-10-4-5-12(9-15)14(8-10)16(3)13-6-7-17-11(13)2/h10-14H,4-8H2,1-3H3. The highest BCUT2D eigenvalue weighted by molar-refractivity contribution is 4.98. The number of nitrogens with zero attached hydrogens (tertiary/aromatic N) is 2. The Morgan fingerprint density at radius 2 is 1.94 bits per heavy atom. The third kappa shape index (κ3) is 2.64. The average molecular weight is 236 g/mol. The van der Waals surface area contributed by atoms with Gasteiger partial charge in [-0.1, -0.05) is 6.92 Å². The molecular weight excluding hydrogens is 212 g/mol. The summed E-state index contributed by atoms with van der Waals surface area (Å²) < 4.78 is 5.65. The van der Waals surface area contributed by atoms with Crippen molar-refractivity contribution >= 4 is 0 Å². The third-order valence-corrected chi connectivity index (χ3v) is 4.63. The van der Waals surface area contributed by atoms with Crippen LogP contribution in [0.2, 0.25) is 0 Å². The van der Waals surface area contributed by atoms with Crippen molar-refractivity contribution in [2.45, 2.75) is 57.7 Å². The summed E-state index contributed by atoms with van der Waals surface area (Å²) in [5.74, 6) is 0.966. The van der Waals surface area contributed by atoms with Gasteiger partial charge in [0, 0.05) is 18.7 Å². The van der Waals surface area contributed by atoms with Gasteiger partial charge in [-0.25, -0.2) is 0 Å². The van der Waals surface area contributed by atoms with Crippen molar-refractivity contribution in [1.29, 1.82) is 5.26 Å². The fraction of sp³-hybridized carbons (Fsp3) is 0.929. The van der Waals surface area contributed by atoms with Crippen LogP contribution in [0.4, 0.5) is 0 Å². The monoisotopic (exact) mass is 236 g/mol. The minimum absolute atomic E-state index is 0.212. The molecule has 0 spiro atoms. The highest BCUT2D eigenvalue weighted by atomic mass is 16.5. The minimum atomic E-state index is 0.212. The third-order valence-electron chi connectivity index (χ3n) is 4.63. The van der Waals surface area contributed by atoms with Crippen LogP contribution in [0.3, 0.4) is 0 Å². The van der Waals surface area contributed by atoms with Crippen LogP contribution in [0.15, 0.2) is 0 Å². The van der Waals surface area contributed by atoms with Crippen molar-refractivity contribution in [3.05, 3.63) is 0 Å². The van der Waals surface area contributed by atoms with E-state index in [0.29, 0.717) is 18.2 Å². The van der Waals surface area contributed by atoms with Crippen molar-refractivity contribution in [2.24, 2.45) is 11.8 Å². The molecule has 3 heteroatoms. The second-order valence-corrected chi connectivity index (χ2v) is 5.82. The number of hydrogen-bond acceptors (Lipinski definition) is 3. The van der Waals surface area contributed by atoms with Crippen LogP contribution in [-0.4, -0.2) is 36.7 Å². The molecule has 17 heavy (non-hydrogen) atoms. The van der Waals surface area contributed by atoms with E-state index in [0.717, 1.165) is 31.8 Å². The summed E-state index contributed by atoms with van der Waals surface area (Å²) in [7, 11) is 2.18. The first-order valence-electron chi connectivity index (χ1n) is 6.86. The maximum atomic E-state index is 9.30. The molecule has 0 aromatic heterocycles. The minimum Gasteiger partial charge on any atom is -0.377 e. The molecule has 1 heterocycles. The topological polar surface area (TPSA) is 36.3 Å². The Hall–Kier alpha value is -0.590. The quantitative estimate of drug-likeness (QED) is 0.739. The number of nitriles is 1. The van der Waals surface area contributed by atoms with Crippen LogP contribution < -0.4 is 0 Å². The fourth-order valence-corrected chi connectivity index (χ4v) is 3.45. The molecule has 0 amide bonds. The van der Waals surface area contributed by atoms with Crippen molar-refractivity contribution in [3.8, 4) is 6.07 Å². The molecule has 2 rings (SSSR count). The molecule has 1 aliphatic carbocycles. The largest absolute Gasteiger partial charge is 0.377 e. The predicted molar refractivity (Wildman–Crippen MR) is 67.5 cm³/mol. The van der Waals surface area contributed by atoms with E-state index in [1.165, 1.54) is 6.42 Å². The maximum absolute atomic E-state index is 9.30. The summed E-state index contributed by atoms with van der Waals surface area (Å²) in [5.41, 5.74) is 0. The molecule has 0 aromatic rings. The summed E-state index contributed by atoms with van der Waals surface area (Å²) in [6, 6.07) is 3.44. The normalized spacial score (nSPS) is 42.6. The first-order valence-corrected chi connectivity index (χ1v) is 6.86. The van der Waals surface area contributed by atoms with Gasteiger partial charge in [0.1, 0.15) is 0 Å². The van der Waals surface area contributed by atoms with Gasteiger partial charge in [0.05, 0.1) is 18.1 Å². The summed E-state index contributed by atoms with van der Waals surface area (Å²) in [4.78, 5) is 2.43. The Morgan fingerprint density at radius 1 is 1.18 bits per heavy atom. The van der Waals surface area contributed by atoms with E-state index in [-0.39, 0.29) is 5.92 Å². The van der Waals surface area contributed by atoms with Gasteiger partial charge in [-0.2, -0.15) is 5.26 Å². The summed E-state index contributed by atoms with van der Waals surface area (Å²) in [5, 5.41) is 9.30. The molecule has 0 N–H and O–H groups in total. The van der Waals surface area contributed by atoms with E-state index >= 15 is 0 Å². The highest BCUT2D eigenvalue weighted by Gasteiger charge is 2.37. The fourth-order valence-electron chi connectivity index (χ4n) is 3.45. The smallest absolute Gasteiger partial charge is 0.0703 e. The lowest BCUT2D eigenvalue weighted by Gasteiger charge is -2.41. The van der Waals surface area contributed by atoms with E-state index in [1.807, 2.05) is 0 Å². The van der Waals surface area contributed by atoms with Crippen LogP contribution in [0.1, 0.15) is 39.5 Å². The Kier molecular flexibility index (Phi) is 4.06. The predicted octanol–water partition coefficient (Wildman–Crippen LogP) is 2.42. The molecule has 0 radical (unpaired) electrons. The number of rotatable bonds is 2. The van der Waals surface area contributed by atoms with Crippen LogP contribution in [0, 0.1) is 23.2 Å². The van der Waals surface area contributed by atoms with Gasteiger partial charge in [0.2, 0.25) is 0 Å². The van der Waals surface area contributed by atoms with Crippen molar-refractivity contribution in [3.63, 3.8) is 0 Å². The second kappa shape index (κ2) is 5.37. The average Bonchev–Trinajstić information content (AvgIpc) is 2.74. The molecule has 1 saturated carbocycles. The first kappa shape index (κ1) is 12.9. The Bertz CT molecular complexity index is 299. The zero-order valence-electron chi connectivity index (χ0n) is 11.2. The first-order chi connectivity index (χ1) is 8.13. The lowest BCUT2D eigenvalue weighted by molar-refractivity contribution is 0.0410. The van der Waals surface area contributed by atoms with E-state index < -0.39 is 0 Å². The van der Waals surface area contributed by atoms with Gasteiger partial charge in [0.25, 0.3) is 0 Å². The van der Waals surface area contributed by atoms with Crippen molar-refractivity contribution in [1.82, 2.24) is 4.90 Å². The van der Waals surface area contributed by atoms with Gasteiger partial charge >= 0.3 is 0 Å². The van der Waals surface area contributed by atoms with E-state index in [4.69, 9.17) is 4.74 Å². The van der Waals surface area contributed by atoms with Gasteiger partial charge in [0.15, 0.2) is 0 Å². The SMILES string of the molecule is CC1CCC(C#N)C(N(C)C2CCOC2C)C1. The Morgan fingerprint density at radius 3 is 2.53 bits per heavy atom. The molecule has 0 aromatic carbocycles. The lowest BCUT2D eigenvalue weighted by Crippen LogP contribution is -2.49. The van der Waals surface area contributed by atoms with Gasteiger partial charge in [-0.3, -0.25) is 4.90 Å². The highest BCUT2D eigenvalue weighted by Crippen LogP contribution is 2.34. The van der Waals surface area contributed by atoms with Gasteiger partial charge in [-0.05, 0) is 45.6 Å². The summed E-state index contributed by atoms with van der Waals surface area (Å²) >= 11 is 0. The van der Waals surface area contributed by atoms with E-state index in [2.05, 4.69) is 31.9 Å². The van der Waals surface area contributed by atoms with Gasteiger partial charge < -0.3 is 4.74 Å². The van der Waals surface area contributed by atoms with E-state index in [1.54, 1.807) is 0 Å². The Balaban J connectivity index is 2.05. The molecule has 0 bridgehead atoms. The molecule has 2 aliphatic rings. The van der Waals surface area contributed by atoms with Crippen LogP contribution >= 0.6 is 0 Å². The molecule has 1 saturated heterocycles. The maximum Gasteiger partial charge on any atom is 0.0703 e. The van der Waals surface area contributed by atoms with Crippen molar-refractivity contribution in [2.75, 3.05) is 13.7 Å². The molecule has 5 atom stereocenters. The zero-order valence-corrected chi connectivity index (χ0v) is 11.2. The molecule has 5 unspecified atom stereocenters. The molecular formula is C14H24N2O. The summed E-state index contributed by atoms with van der Waals surface area (Å²) in [6.07, 6.45) is 4.86. The van der Waals surface area contributed by atoms with Crippen molar-refractivity contribution < 1.29 is 4.74 Å². The number of hydrogen-bond donors (Lipinski definition) is 0. The molecule has 2 fully saturated rings. The number of ether oxygens (including phenoxy) is 1. The lowest BCUT2D eigenvalue weighted by atomic mass is 9.78. The Labute approximate surface area is 105 Å². The molecule has 1 aliphatic heterocycles. The van der Waals surface area contributed by atoms with Crippen LogP contribution in [0.5, 0.6) is 0 Å². The second-order valence-electron chi connectivity index (χ2n) is 5.82. The van der Waals surface area contributed by atoms with Crippen LogP contribution in [0.25, 0.3) is 0 Å². The molecule has 96 valence electrons. The van der Waals surface area contributed by atoms with Crippen LogP contribution in [-0.2, 0) is 4.74 Å². The van der Waals surface area contributed by atoms with Gasteiger partial charge in [-0.15, -0.1) is 0 Å².